The molecule has 0 radical (unpaired) electrons. The number of fused-ring (bicyclic) bond motifs is 2. The molecular weight excluding hydrogens is 527 g/mol. The molecule has 1 atom stereocenters. The van der Waals surface area contributed by atoms with Crippen molar-refractivity contribution in [2.75, 3.05) is 6.54 Å². The molecule has 1 aromatic carbocycles. The van der Waals surface area contributed by atoms with Gasteiger partial charge in [-0.2, -0.15) is 10.2 Å². The summed E-state index contributed by atoms with van der Waals surface area (Å²) in [5.41, 5.74) is 5.49. The highest BCUT2D eigenvalue weighted by molar-refractivity contribution is 7.18. The van der Waals surface area contributed by atoms with Crippen LogP contribution in [0.25, 0.3) is 43.9 Å². The molecule has 0 N–H and O–H groups in total. The molecule has 0 unspecified atom stereocenters. The number of thiophene rings is 1. The second kappa shape index (κ2) is 10.0. The first-order valence-corrected chi connectivity index (χ1v) is 14.0. The molecule has 1 aliphatic heterocycles. The van der Waals surface area contributed by atoms with Gasteiger partial charge >= 0.3 is 0 Å². The molecule has 1 amide bonds. The van der Waals surface area contributed by atoms with Gasteiger partial charge < -0.3 is 9.64 Å². The van der Waals surface area contributed by atoms with Gasteiger partial charge in [0.05, 0.1) is 36.3 Å². The molecule has 0 fully saturated rings. The first-order chi connectivity index (χ1) is 19.2. The van der Waals surface area contributed by atoms with Crippen LogP contribution >= 0.6 is 11.3 Å². The van der Waals surface area contributed by atoms with Crippen LogP contribution in [-0.4, -0.2) is 48.0 Å². The number of ether oxygens (including phenoxy) is 1. The molecule has 0 saturated heterocycles. The Kier molecular flexibility index (Phi) is 6.50. The van der Waals surface area contributed by atoms with Crippen molar-refractivity contribution in [1.82, 2.24) is 29.4 Å². The molecule has 0 bridgehead atoms. The van der Waals surface area contributed by atoms with E-state index in [0.717, 1.165) is 38.2 Å². The highest BCUT2D eigenvalue weighted by atomic mass is 32.1. The van der Waals surface area contributed by atoms with Gasteiger partial charge in [0.25, 0.3) is 0 Å². The maximum Gasteiger partial charge on any atom is 0.246 e. The fourth-order valence-electron chi connectivity index (χ4n) is 5.31. The minimum Gasteiger partial charge on any atom is -0.490 e. The van der Waals surface area contributed by atoms with E-state index in [-0.39, 0.29) is 23.9 Å². The third-order valence-electron chi connectivity index (χ3n) is 7.12. The number of rotatable bonds is 6. The number of hydrogen-bond acceptors (Lipinski definition) is 6. The zero-order valence-electron chi connectivity index (χ0n) is 22.8. The van der Waals surface area contributed by atoms with Crippen LogP contribution in [0.15, 0.2) is 60.8 Å². The Hall–Kier alpha value is -4.31. The summed E-state index contributed by atoms with van der Waals surface area (Å²) in [5, 5.41) is 12.4. The summed E-state index contributed by atoms with van der Waals surface area (Å²) in [6.45, 7) is 10.6. The van der Waals surface area contributed by atoms with Crippen molar-refractivity contribution in [3.05, 3.63) is 72.3 Å². The smallest absolute Gasteiger partial charge is 0.246 e. The van der Waals surface area contributed by atoms with Gasteiger partial charge in [-0.15, -0.1) is 11.3 Å². The zero-order chi connectivity index (χ0) is 28.1. The van der Waals surface area contributed by atoms with Crippen molar-refractivity contribution < 1.29 is 13.9 Å². The molecule has 4 aromatic heterocycles. The van der Waals surface area contributed by atoms with E-state index in [0.29, 0.717) is 30.2 Å². The maximum atomic E-state index is 14.5. The highest BCUT2D eigenvalue weighted by Gasteiger charge is 2.30. The Morgan fingerprint density at radius 1 is 1.23 bits per heavy atom. The quantitative estimate of drug-likeness (QED) is 0.231. The number of hydrogen-bond donors (Lipinski definition) is 0. The number of nitrogens with zero attached hydrogens (tertiary/aromatic N) is 6. The number of carbonyl (C=O) groups is 1. The normalized spacial score (nSPS) is 15.1. The summed E-state index contributed by atoms with van der Waals surface area (Å²) >= 11 is 1.59. The van der Waals surface area contributed by atoms with Gasteiger partial charge in [0.2, 0.25) is 5.91 Å². The van der Waals surface area contributed by atoms with Crippen LogP contribution in [-0.2, 0) is 18.4 Å². The minimum atomic E-state index is -0.374. The molecular formula is C30H29FN6O2S. The molecule has 1 aliphatic rings. The van der Waals surface area contributed by atoms with Crippen LogP contribution in [0, 0.1) is 5.82 Å². The van der Waals surface area contributed by atoms with Crippen molar-refractivity contribution >= 4 is 27.3 Å². The molecule has 8 nitrogen and oxygen atoms in total. The third-order valence-corrected chi connectivity index (χ3v) is 8.05. The van der Waals surface area contributed by atoms with Crippen LogP contribution < -0.4 is 4.74 Å². The van der Waals surface area contributed by atoms with Crippen LogP contribution in [0.3, 0.4) is 0 Å². The molecule has 10 heteroatoms. The van der Waals surface area contributed by atoms with Crippen LogP contribution in [0.4, 0.5) is 4.39 Å². The summed E-state index contributed by atoms with van der Waals surface area (Å²) in [7, 11) is 1.87. The van der Waals surface area contributed by atoms with E-state index in [1.807, 2.05) is 56.2 Å². The Balaban J connectivity index is 1.63. The second-order valence-electron chi connectivity index (χ2n) is 10.1. The molecule has 204 valence electrons. The minimum absolute atomic E-state index is 0.110. The van der Waals surface area contributed by atoms with E-state index < -0.39 is 0 Å². The number of aromatic nitrogens is 5. The van der Waals surface area contributed by atoms with Crippen molar-refractivity contribution in [2.24, 2.45) is 7.05 Å². The zero-order valence-corrected chi connectivity index (χ0v) is 23.6. The monoisotopic (exact) mass is 556 g/mol. The average Bonchev–Trinajstić information content (AvgIpc) is 3.67. The van der Waals surface area contributed by atoms with Crippen molar-refractivity contribution in [1.29, 1.82) is 0 Å². The fourth-order valence-corrected chi connectivity index (χ4v) is 6.27. The first-order valence-electron chi connectivity index (χ1n) is 13.1. The van der Waals surface area contributed by atoms with Crippen LogP contribution in [0.1, 0.15) is 32.5 Å². The van der Waals surface area contributed by atoms with Gasteiger partial charge in [0.1, 0.15) is 23.0 Å². The SMILES string of the molecule is C=CC(=O)N1CCn2nc(-c3nc(-c4cnn(C)c4)c4ccsc4c3-c3ccc(F)cc3OC(C)C)cc2[C@H]1C. The summed E-state index contributed by atoms with van der Waals surface area (Å²) in [4.78, 5) is 19.5. The lowest BCUT2D eigenvalue weighted by Crippen LogP contribution is -2.40. The Labute approximate surface area is 235 Å². The second-order valence-corrected chi connectivity index (χ2v) is 11.1. The number of aryl methyl sites for hydroxylation is 1. The number of benzene rings is 1. The Bertz CT molecular complexity index is 1770. The van der Waals surface area contributed by atoms with Gasteiger partial charge in [-0.25, -0.2) is 9.37 Å². The Morgan fingerprint density at radius 2 is 2.05 bits per heavy atom. The lowest BCUT2D eigenvalue weighted by Gasteiger charge is -2.33. The van der Waals surface area contributed by atoms with E-state index in [9.17, 15) is 9.18 Å². The van der Waals surface area contributed by atoms with Gasteiger partial charge in [0.15, 0.2) is 0 Å². The number of pyridine rings is 1. The van der Waals surface area contributed by atoms with Crippen LogP contribution in [0.2, 0.25) is 0 Å². The van der Waals surface area contributed by atoms with Gasteiger partial charge in [-0.1, -0.05) is 6.58 Å². The van der Waals surface area contributed by atoms with Crippen LogP contribution in [0.5, 0.6) is 5.75 Å². The predicted octanol–water partition coefficient (Wildman–Crippen LogP) is 6.24. The highest BCUT2D eigenvalue weighted by Crippen LogP contribution is 2.46. The lowest BCUT2D eigenvalue weighted by atomic mass is 9.97. The average molecular weight is 557 g/mol. The van der Waals surface area contributed by atoms with Crippen molar-refractivity contribution in [2.45, 2.75) is 39.5 Å². The van der Waals surface area contributed by atoms with E-state index >= 15 is 0 Å². The standard InChI is InChI=1S/C30H29FN6O2S/c1-6-26(38)36-10-11-37-24(18(36)4)14-23(34-37)29-27(21-8-7-20(31)13-25(21)39-17(2)3)30-22(9-12-40-30)28(33-29)19-15-32-35(5)16-19/h6-9,12-18H,1,10-11H2,2-5H3/t18-/m1/s1. The van der Waals surface area contributed by atoms with E-state index in [1.165, 1.54) is 18.2 Å². The summed E-state index contributed by atoms with van der Waals surface area (Å²) in [6, 6.07) is 8.48. The number of halogens is 1. The van der Waals surface area contributed by atoms with Crippen molar-refractivity contribution in [3.8, 4) is 39.5 Å². The summed E-state index contributed by atoms with van der Waals surface area (Å²) < 4.78 is 25.2. The molecule has 5 heterocycles. The molecule has 40 heavy (non-hydrogen) atoms. The number of carbonyl (C=O) groups excluding carboxylic acids is 1. The van der Waals surface area contributed by atoms with E-state index in [2.05, 4.69) is 11.7 Å². The summed E-state index contributed by atoms with van der Waals surface area (Å²) in [6.07, 6.45) is 4.93. The molecule has 5 aromatic rings. The fraction of sp³-hybridized carbons (Fsp3) is 0.267. The summed E-state index contributed by atoms with van der Waals surface area (Å²) in [5.74, 6) is -0.0375. The Morgan fingerprint density at radius 3 is 2.77 bits per heavy atom. The predicted molar refractivity (Wildman–Crippen MR) is 155 cm³/mol. The topological polar surface area (TPSA) is 78.1 Å². The van der Waals surface area contributed by atoms with Gasteiger partial charge in [-0.05, 0) is 56.5 Å². The van der Waals surface area contributed by atoms with E-state index in [4.69, 9.17) is 14.8 Å². The molecule has 0 spiro atoms. The molecule has 0 saturated carbocycles. The molecule has 0 aliphatic carbocycles. The number of amides is 1. The molecule has 6 rings (SSSR count). The van der Waals surface area contributed by atoms with Crippen molar-refractivity contribution in [3.63, 3.8) is 0 Å². The maximum absolute atomic E-state index is 14.5. The van der Waals surface area contributed by atoms with Gasteiger partial charge in [-0.3, -0.25) is 14.2 Å². The van der Waals surface area contributed by atoms with E-state index in [1.54, 1.807) is 33.2 Å². The third kappa shape index (κ3) is 4.38. The first kappa shape index (κ1) is 25.9. The lowest BCUT2D eigenvalue weighted by molar-refractivity contribution is -0.129. The largest absolute Gasteiger partial charge is 0.490 e. The van der Waals surface area contributed by atoms with Gasteiger partial charge in [0, 0.05) is 52.6 Å².